The van der Waals surface area contributed by atoms with Crippen LogP contribution in [0.1, 0.15) is 25.7 Å². The Hall–Kier alpha value is -3.11. The van der Waals surface area contributed by atoms with Crippen LogP contribution in [-0.2, 0) is 0 Å². The van der Waals surface area contributed by atoms with Crippen LogP contribution in [0.2, 0.25) is 0 Å². The van der Waals surface area contributed by atoms with Crippen molar-refractivity contribution in [1.29, 1.82) is 0 Å². The molecule has 2 atom stereocenters. The number of fused-ring (bicyclic) bond motifs is 1. The molecule has 3 heterocycles. The molecule has 0 unspecified atom stereocenters. The monoisotopic (exact) mass is 409 g/mol. The zero-order valence-corrected chi connectivity index (χ0v) is 16.3. The number of hydrogen-bond acceptors (Lipinski definition) is 9. The summed E-state index contributed by atoms with van der Waals surface area (Å²) in [6, 6.07) is 7.48. The maximum absolute atomic E-state index is 10.2. The number of aliphatic hydroxyl groups excluding tert-OH is 1. The molecule has 1 saturated carbocycles. The molecule has 0 radical (unpaired) electrons. The lowest BCUT2D eigenvalue weighted by molar-refractivity contribution is 0.116. The summed E-state index contributed by atoms with van der Waals surface area (Å²) in [6.45, 7) is 0. The Kier molecular flexibility index (Phi) is 4.78. The first-order valence-electron chi connectivity index (χ1n) is 9.45. The highest BCUT2D eigenvalue weighted by molar-refractivity contribution is 7.22. The normalized spacial score (nSPS) is 19.3. The number of aliphatic hydroxyl groups is 1. The molecule has 9 nitrogen and oxygen atoms in total. The Bertz CT molecular complexity index is 1110. The number of ether oxygens (including phenoxy) is 1. The van der Waals surface area contributed by atoms with Crippen molar-refractivity contribution >= 4 is 26.7 Å². The first-order valence-corrected chi connectivity index (χ1v) is 10.3. The van der Waals surface area contributed by atoms with E-state index in [1.54, 1.807) is 28.4 Å². The van der Waals surface area contributed by atoms with Gasteiger partial charge in [0.25, 0.3) is 0 Å². The van der Waals surface area contributed by atoms with Crippen molar-refractivity contribution in [2.24, 2.45) is 0 Å². The van der Waals surface area contributed by atoms with Crippen LogP contribution in [-0.4, -0.2) is 47.0 Å². The first-order chi connectivity index (χ1) is 14.2. The van der Waals surface area contributed by atoms with E-state index in [4.69, 9.17) is 4.74 Å². The largest absolute Gasteiger partial charge is 0.439 e. The summed E-state index contributed by atoms with van der Waals surface area (Å²) in [5, 5.41) is 18.4. The molecular weight excluding hydrogens is 390 g/mol. The number of nitrogens with one attached hydrogen (secondary N) is 1. The SMILES string of the molecule is O[C@@H]1CCCC[C@H]1Nc1nc2ccc(Oc3cc(-n4cncn4)ncn3)cc2s1. The predicted octanol–water partition coefficient (Wildman–Crippen LogP) is 3.17. The number of benzene rings is 1. The number of nitrogens with zero attached hydrogens (tertiary/aromatic N) is 6. The second-order valence-corrected chi connectivity index (χ2v) is 7.94. The van der Waals surface area contributed by atoms with Gasteiger partial charge >= 0.3 is 0 Å². The molecule has 1 aliphatic carbocycles. The summed E-state index contributed by atoms with van der Waals surface area (Å²) in [4.78, 5) is 16.9. The zero-order valence-electron chi connectivity index (χ0n) is 15.5. The van der Waals surface area contributed by atoms with Crippen molar-refractivity contribution in [1.82, 2.24) is 29.7 Å². The third-order valence-corrected chi connectivity index (χ3v) is 5.85. The average Bonchev–Trinajstić information content (AvgIpc) is 3.39. The maximum atomic E-state index is 10.2. The van der Waals surface area contributed by atoms with Gasteiger partial charge in [0.05, 0.1) is 22.4 Å². The van der Waals surface area contributed by atoms with E-state index in [1.807, 2.05) is 18.2 Å². The minimum Gasteiger partial charge on any atom is -0.439 e. The van der Waals surface area contributed by atoms with Crippen molar-refractivity contribution in [2.45, 2.75) is 37.8 Å². The number of rotatable bonds is 5. The molecule has 0 aliphatic heterocycles. The summed E-state index contributed by atoms with van der Waals surface area (Å²) in [7, 11) is 0. The van der Waals surface area contributed by atoms with Crippen molar-refractivity contribution in [3.8, 4) is 17.4 Å². The van der Waals surface area contributed by atoms with Gasteiger partial charge in [0.1, 0.15) is 24.7 Å². The molecule has 0 saturated heterocycles. The summed E-state index contributed by atoms with van der Waals surface area (Å²) < 4.78 is 8.45. The van der Waals surface area contributed by atoms with Gasteiger partial charge in [-0.3, -0.25) is 0 Å². The summed E-state index contributed by atoms with van der Waals surface area (Å²) in [6.07, 6.45) is 8.14. The van der Waals surface area contributed by atoms with Gasteiger partial charge in [-0.2, -0.15) is 5.10 Å². The second-order valence-electron chi connectivity index (χ2n) is 6.91. The van der Waals surface area contributed by atoms with E-state index < -0.39 is 0 Å². The van der Waals surface area contributed by atoms with Gasteiger partial charge in [0.2, 0.25) is 5.88 Å². The van der Waals surface area contributed by atoms with Crippen molar-refractivity contribution in [2.75, 3.05) is 5.32 Å². The smallest absolute Gasteiger partial charge is 0.224 e. The molecule has 29 heavy (non-hydrogen) atoms. The van der Waals surface area contributed by atoms with Crippen LogP contribution in [0.5, 0.6) is 11.6 Å². The zero-order chi connectivity index (χ0) is 19.6. The average molecular weight is 409 g/mol. The van der Waals surface area contributed by atoms with Gasteiger partial charge < -0.3 is 15.2 Å². The Morgan fingerprint density at radius 2 is 2.07 bits per heavy atom. The maximum Gasteiger partial charge on any atom is 0.224 e. The predicted molar refractivity (Wildman–Crippen MR) is 109 cm³/mol. The van der Waals surface area contributed by atoms with Crippen LogP contribution in [0.15, 0.2) is 43.2 Å². The topological polar surface area (TPSA) is 111 Å². The minimum atomic E-state index is -0.313. The van der Waals surface area contributed by atoms with Gasteiger partial charge in [-0.15, -0.1) is 0 Å². The molecule has 0 amide bonds. The molecule has 2 N–H and O–H groups in total. The highest BCUT2D eigenvalue weighted by Gasteiger charge is 2.23. The van der Waals surface area contributed by atoms with Gasteiger partial charge in [-0.25, -0.2) is 24.6 Å². The van der Waals surface area contributed by atoms with E-state index in [2.05, 4.69) is 30.4 Å². The van der Waals surface area contributed by atoms with Gasteiger partial charge in [-0.1, -0.05) is 24.2 Å². The minimum absolute atomic E-state index is 0.0660. The number of anilines is 1. The van der Waals surface area contributed by atoms with Crippen molar-refractivity contribution < 1.29 is 9.84 Å². The highest BCUT2D eigenvalue weighted by Crippen LogP contribution is 2.32. The molecule has 5 rings (SSSR count). The Morgan fingerprint density at radius 3 is 2.93 bits per heavy atom. The van der Waals surface area contributed by atoms with Crippen LogP contribution in [0.25, 0.3) is 16.0 Å². The lowest BCUT2D eigenvalue weighted by atomic mass is 9.93. The van der Waals surface area contributed by atoms with Crippen LogP contribution in [0.3, 0.4) is 0 Å². The van der Waals surface area contributed by atoms with Gasteiger partial charge in [-0.05, 0) is 25.0 Å². The Balaban J connectivity index is 1.34. The lowest BCUT2D eigenvalue weighted by Gasteiger charge is -2.27. The first kappa shape index (κ1) is 18.0. The van der Waals surface area contributed by atoms with E-state index in [0.29, 0.717) is 17.4 Å². The van der Waals surface area contributed by atoms with E-state index in [-0.39, 0.29) is 12.1 Å². The number of hydrogen-bond donors (Lipinski definition) is 2. The molecule has 1 fully saturated rings. The molecule has 1 aromatic carbocycles. The van der Waals surface area contributed by atoms with E-state index in [1.165, 1.54) is 12.7 Å². The quantitative estimate of drug-likeness (QED) is 0.517. The molecule has 148 valence electrons. The lowest BCUT2D eigenvalue weighted by Crippen LogP contribution is -2.36. The molecule has 0 spiro atoms. The fourth-order valence-corrected chi connectivity index (χ4v) is 4.38. The summed E-state index contributed by atoms with van der Waals surface area (Å²) in [5.41, 5.74) is 0.890. The molecule has 4 aromatic rings. The van der Waals surface area contributed by atoms with Crippen LogP contribution in [0.4, 0.5) is 5.13 Å². The molecular formula is C19H19N7O2S. The van der Waals surface area contributed by atoms with E-state index in [9.17, 15) is 5.11 Å². The Morgan fingerprint density at radius 1 is 1.14 bits per heavy atom. The third kappa shape index (κ3) is 3.89. The van der Waals surface area contributed by atoms with E-state index in [0.717, 1.165) is 41.0 Å². The van der Waals surface area contributed by atoms with Crippen molar-refractivity contribution in [3.05, 3.63) is 43.2 Å². The molecule has 3 aromatic heterocycles. The van der Waals surface area contributed by atoms with Crippen LogP contribution >= 0.6 is 11.3 Å². The number of thiazole rings is 1. The molecule has 1 aliphatic rings. The summed E-state index contributed by atoms with van der Waals surface area (Å²) >= 11 is 1.55. The highest BCUT2D eigenvalue weighted by atomic mass is 32.1. The van der Waals surface area contributed by atoms with Crippen LogP contribution < -0.4 is 10.1 Å². The van der Waals surface area contributed by atoms with Gasteiger partial charge in [0.15, 0.2) is 10.9 Å². The fraction of sp³-hybridized carbons (Fsp3) is 0.316. The summed E-state index contributed by atoms with van der Waals surface area (Å²) in [5.74, 6) is 1.65. The fourth-order valence-electron chi connectivity index (χ4n) is 3.43. The number of aromatic nitrogens is 6. The van der Waals surface area contributed by atoms with Crippen LogP contribution in [0, 0.1) is 0 Å². The third-order valence-electron chi connectivity index (χ3n) is 4.90. The van der Waals surface area contributed by atoms with Crippen molar-refractivity contribution in [3.63, 3.8) is 0 Å². The Labute approximate surface area is 170 Å². The standard InChI is InChI=1S/C19H19N7O2S/c27-15-4-2-1-3-13(15)24-19-25-14-6-5-12(7-16(14)29-19)28-18-8-17(21-10-22-18)26-11-20-9-23-26/h5-11,13,15,27H,1-4H2,(H,24,25)/t13-,15-/m1/s1. The van der Waals surface area contributed by atoms with Gasteiger partial charge in [0, 0.05) is 12.1 Å². The van der Waals surface area contributed by atoms with E-state index >= 15 is 0 Å². The molecule has 0 bridgehead atoms. The second kappa shape index (κ2) is 7.72. The molecule has 10 heteroatoms.